The number of aromatic nitrogens is 2. The summed E-state index contributed by atoms with van der Waals surface area (Å²) in [4.78, 5) is 21.1. The van der Waals surface area contributed by atoms with Crippen LogP contribution < -0.4 is 0 Å². The van der Waals surface area contributed by atoms with Crippen LogP contribution in [0, 0.1) is 6.92 Å². The third-order valence-electron chi connectivity index (χ3n) is 7.26. The molecule has 0 saturated carbocycles. The lowest BCUT2D eigenvalue weighted by Gasteiger charge is -2.42. The van der Waals surface area contributed by atoms with Gasteiger partial charge < -0.3 is 14.2 Å². The molecule has 1 unspecified atom stereocenters. The van der Waals surface area contributed by atoms with Gasteiger partial charge in [0.05, 0.1) is 16.4 Å². The third kappa shape index (κ3) is 3.55. The Bertz CT molecular complexity index is 1080. The predicted molar refractivity (Wildman–Crippen MR) is 122 cm³/mol. The Hall–Kier alpha value is -2.66. The average molecular weight is 418 g/mol. The Morgan fingerprint density at radius 3 is 2.58 bits per heavy atom. The first kappa shape index (κ1) is 20.3. The van der Waals surface area contributed by atoms with Gasteiger partial charge in [0.15, 0.2) is 0 Å². The van der Waals surface area contributed by atoms with Gasteiger partial charge in [-0.25, -0.2) is 4.98 Å². The van der Waals surface area contributed by atoms with E-state index < -0.39 is 5.41 Å². The lowest BCUT2D eigenvalue weighted by Crippen LogP contribution is -2.52. The molecule has 2 aromatic carbocycles. The molecule has 5 rings (SSSR count). The van der Waals surface area contributed by atoms with E-state index in [-0.39, 0.29) is 11.8 Å². The Balaban J connectivity index is 1.44. The summed E-state index contributed by atoms with van der Waals surface area (Å²) in [6.07, 6.45) is 3.59. The molecule has 5 nitrogen and oxygen atoms in total. The van der Waals surface area contributed by atoms with E-state index in [1.165, 1.54) is 5.56 Å². The molecule has 31 heavy (non-hydrogen) atoms. The minimum atomic E-state index is -0.472. The first-order valence-corrected chi connectivity index (χ1v) is 11.4. The fourth-order valence-electron chi connectivity index (χ4n) is 5.42. The molecule has 1 aromatic heterocycles. The lowest BCUT2D eigenvalue weighted by molar-refractivity contribution is -0.142. The minimum absolute atomic E-state index is 0.267. The molecule has 0 aliphatic carbocycles. The average Bonchev–Trinajstić information content (AvgIpc) is 3.16. The summed E-state index contributed by atoms with van der Waals surface area (Å²) in [6.45, 7) is 4.94. The lowest BCUT2D eigenvalue weighted by atomic mass is 9.72. The number of para-hydroxylation sites is 2. The molecule has 0 N–H and O–H groups in total. The number of piperidine rings is 1. The number of hydrogen-bond acceptors (Lipinski definition) is 3. The van der Waals surface area contributed by atoms with E-state index in [1.54, 1.807) is 0 Å². The quantitative estimate of drug-likeness (QED) is 0.637. The van der Waals surface area contributed by atoms with Crippen molar-refractivity contribution in [2.24, 2.45) is 7.05 Å². The number of aryl methyl sites for hydroxylation is 2. The van der Waals surface area contributed by atoms with Crippen LogP contribution in [-0.2, 0) is 22.0 Å². The summed E-state index contributed by atoms with van der Waals surface area (Å²) >= 11 is 0. The molecule has 5 heteroatoms. The van der Waals surface area contributed by atoms with Crippen molar-refractivity contribution in [3.05, 3.63) is 65.5 Å². The van der Waals surface area contributed by atoms with Crippen LogP contribution in [0.4, 0.5) is 0 Å². The number of imidazole rings is 1. The predicted octanol–water partition coefficient (Wildman–Crippen LogP) is 4.34. The highest BCUT2D eigenvalue weighted by molar-refractivity contribution is 5.88. The number of carbonyl (C=O) groups is 1. The Labute approximate surface area is 184 Å². The second kappa shape index (κ2) is 8.12. The number of fused-ring (bicyclic) bond motifs is 1. The second-order valence-corrected chi connectivity index (χ2v) is 9.17. The number of hydrogen-bond donors (Lipinski definition) is 0. The van der Waals surface area contributed by atoms with Gasteiger partial charge in [0.2, 0.25) is 5.91 Å². The normalized spacial score (nSPS) is 21.4. The molecular weight excluding hydrogens is 386 g/mol. The van der Waals surface area contributed by atoms with Gasteiger partial charge in [0.25, 0.3) is 0 Å². The van der Waals surface area contributed by atoms with Gasteiger partial charge in [-0.1, -0.05) is 42.0 Å². The van der Waals surface area contributed by atoms with Gasteiger partial charge in [0, 0.05) is 39.3 Å². The zero-order valence-electron chi connectivity index (χ0n) is 18.5. The van der Waals surface area contributed by atoms with E-state index in [2.05, 4.69) is 65.9 Å². The number of benzene rings is 2. The van der Waals surface area contributed by atoms with Crippen molar-refractivity contribution in [1.29, 1.82) is 0 Å². The first-order chi connectivity index (χ1) is 15.1. The van der Waals surface area contributed by atoms with Crippen molar-refractivity contribution in [3.8, 4) is 0 Å². The monoisotopic (exact) mass is 417 g/mol. The molecular formula is C26H31N3O2. The Kier molecular flexibility index (Phi) is 5.30. The summed E-state index contributed by atoms with van der Waals surface area (Å²) in [5, 5.41) is 0. The number of ether oxygens (including phenoxy) is 1. The molecule has 2 fully saturated rings. The van der Waals surface area contributed by atoms with Gasteiger partial charge in [-0.3, -0.25) is 4.79 Å². The SMILES string of the molecule is Cc1ccc(C2(C(=O)N3CCCC(c4nc5ccccc5n4C)C3)CCOCC2)cc1. The van der Waals surface area contributed by atoms with Crippen LogP contribution in [0.3, 0.4) is 0 Å². The Morgan fingerprint density at radius 1 is 1.10 bits per heavy atom. The van der Waals surface area contributed by atoms with Crippen molar-refractivity contribution in [1.82, 2.24) is 14.5 Å². The van der Waals surface area contributed by atoms with Crippen LogP contribution in [0.25, 0.3) is 11.0 Å². The summed E-state index contributed by atoms with van der Waals surface area (Å²) in [7, 11) is 2.09. The topological polar surface area (TPSA) is 47.4 Å². The summed E-state index contributed by atoms with van der Waals surface area (Å²) in [6, 6.07) is 16.8. The van der Waals surface area contributed by atoms with Crippen LogP contribution in [0.2, 0.25) is 0 Å². The van der Waals surface area contributed by atoms with Gasteiger partial charge in [0.1, 0.15) is 5.82 Å². The standard InChI is InChI=1S/C26H31N3O2/c1-19-9-11-21(12-10-19)26(13-16-31-17-14-26)25(30)29-15-5-6-20(18-29)24-27-22-7-3-4-8-23(22)28(24)2/h3-4,7-12,20H,5-6,13-18H2,1-2H3. The molecule has 162 valence electrons. The van der Waals surface area contributed by atoms with Crippen LogP contribution in [0.15, 0.2) is 48.5 Å². The van der Waals surface area contributed by atoms with Crippen LogP contribution in [-0.4, -0.2) is 46.7 Å². The van der Waals surface area contributed by atoms with E-state index >= 15 is 0 Å². The van der Waals surface area contributed by atoms with E-state index in [9.17, 15) is 4.79 Å². The van der Waals surface area contributed by atoms with Gasteiger partial charge in [-0.15, -0.1) is 0 Å². The van der Waals surface area contributed by atoms with E-state index in [4.69, 9.17) is 9.72 Å². The van der Waals surface area contributed by atoms with Crippen molar-refractivity contribution in [3.63, 3.8) is 0 Å². The molecule has 0 radical (unpaired) electrons. The molecule has 2 aliphatic rings. The fourth-order valence-corrected chi connectivity index (χ4v) is 5.42. The number of rotatable bonds is 3. The first-order valence-electron chi connectivity index (χ1n) is 11.4. The molecule has 1 atom stereocenters. The molecule has 0 spiro atoms. The van der Waals surface area contributed by atoms with Gasteiger partial charge >= 0.3 is 0 Å². The molecule has 0 bridgehead atoms. The maximum Gasteiger partial charge on any atom is 0.233 e. The second-order valence-electron chi connectivity index (χ2n) is 9.17. The van der Waals surface area contributed by atoms with E-state index in [0.717, 1.165) is 61.2 Å². The summed E-state index contributed by atoms with van der Waals surface area (Å²) in [5.41, 5.74) is 4.07. The van der Waals surface area contributed by atoms with E-state index in [1.807, 2.05) is 6.07 Å². The highest BCUT2D eigenvalue weighted by atomic mass is 16.5. The molecule has 3 aromatic rings. The maximum atomic E-state index is 14.0. The number of carbonyl (C=O) groups excluding carboxylic acids is 1. The highest BCUT2D eigenvalue weighted by Gasteiger charge is 2.45. The molecule has 3 heterocycles. The Morgan fingerprint density at radius 2 is 1.84 bits per heavy atom. The number of likely N-dealkylation sites (tertiary alicyclic amines) is 1. The van der Waals surface area contributed by atoms with Crippen molar-refractivity contribution in [2.45, 2.75) is 43.9 Å². The molecule has 2 aliphatic heterocycles. The molecule has 2 saturated heterocycles. The largest absolute Gasteiger partial charge is 0.381 e. The molecule has 1 amide bonds. The zero-order valence-corrected chi connectivity index (χ0v) is 18.5. The zero-order chi connectivity index (χ0) is 21.4. The summed E-state index contributed by atoms with van der Waals surface area (Å²) in [5.74, 6) is 1.63. The minimum Gasteiger partial charge on any atom is -0.381 e. The van der Waals surface area contributed by atoms with Crippen LogP contribution in [0.1, 0.15) is 48.6 Å². The van der Waals surface area contributed by atoms with Crippen molar-refractivity contribution >= 4 is 16.9 Å². The number of nitrogens with zero attached hydrogens (tertiary/aromatic N) is 3. The van der Waals surface area contributed by atoms with Crippen molar-refractivity contribution < 1.29 is 9.53 Å². The maximum absolute atomic E-state index is 14.0. The van der Waals surface area contributed by atoms with Crippen LogP contribution >= 0.6 is 0 Å². The third-order valence-corrected chi connectivity index (χ3v) is 7.26. The highest BCUT2D eigenvalue weighted by Crippen LogP contribution is 2.39. The number of amides is 1. The van der Waals surface area contributed by atoms with Gasteiger partial charge in [-0.05, 0) is 50.3 Å². The summed E-state index contributed by atoms with van der Waals surface area (Å²) < 4.78 is 7.87. The van der Waals surface area contributed by atoms with Crippen LogP contribution in [0.5, 0.6) is 0 Å². The van der Waals surface area contributed by atoms with Crippen molar-refractivity contribution in [2.75, 3.05) is 26.3 Å². The fraction of sp³-hybridized carbons (Fsp3) is 0.462. The van der Waals surface area contributed by atoms with E-state index in [0.29, 0.717) is 13.2 Å². The van der Waals surface area contributed by atoms with Gasteiger partial charge in [-0.2, -0.15) is 0 Å². The smallest absolute Gasteiger partial charge is 0.233 e.